The Morgan fingerprint density at radius 3 is 1.50 bits per heavy atom. The zero-order chi connectivity index (χ0) is 15.9. The molecular formula is C20H36O2. The van der Waals surface area contributed by atoms with Gasteiger partial charge in [0.15, 0.2) is 0 Å². The molecule has 0 saturated heterocycles. The highest BCUT2D eigenvalue weighted by Gasteiger charge is 2.25. The fourth-order valence-electron chi connectivity index (χ4n) is 2.82. The van der Waals surface area contributed by atoms with E-state index in [1.54, 1.807) is 0 Å². The van der Waals surface area contributed by atoms with E-state index in [-0.39, 0.29) is 0 Å². The minimum Gasteiger partial charge on any atom is -0.375 e. The standard InChI is InChI=1S/C20H36O2/c1-3-5-7-9-13-17-21-19-15-11-12-16-20(19)22-18-14-10-8-6-4-2/h7-10,19-20H,3-6,11-18H2,1-2H3/b9-7+,10-8+. The zero-order valence-electron chi connectivity index (χ0n) is 14.8. The van der Waals surface area contributed by atoms with Crippen LogP contribution in [0.15, 0.2) is 24.3 Å². The SMILES string of the molecule is CCC/C=C/CCOC1CCCCC1OCC/C=C/CCC. The van der Waals surface area contributed by atoms with Crippen LogP contribution in [0, 0.1) is 0 Å². The number of ether oxygens (including phenoxy) is 2. The number of hydrogen-bond acceptors (Lipinski definition) is 2. The lowest BCUT2D eigenvalue weighted by Gasteiger charge is -2.31. The zero-order valence-corrected chi connectivity index (χ0v) is 14.8. The van der Waals surface area contributed by atoms with Crippen LogP contribution in [-0.2, 0) is 9.47 Å². The average molecular weight is 309 g/mol. The summed E-state index contributed by atoms with van der Waals surface area (Å²) in [6.07, 6.45) is 21.4. The van der Waals surface area contributed by atoms with Gasteiger partial charge in [-0.3, -0.25) is 0 Å². The number of rotatable bonds is 12. The first-order valence-electron chi connectivity index (χ1n) is 9.41. The van der Waals surface area contributed by atoms with E-state index in [2.05, 4.69) is 38.2 Å². The minimum atomic E-state index is 0.313. The third kappa shape index (κ3) is 9.42. The summed E-state index contributed by atoms with van der Waals surface area (Å²) in [5, 5.41) is 0. The van der Waals surface area contributed by atoms with Crippen LogP contribution < -0.4 is 0 Å². The van der Waals surface area contributed by atoms with E-state index in [9.17, 15) is 0 Å². The van der Waals surface area contributed by atoms with Crippen LogP contribution >= 0.6 is 0 Å². The number of allylic oxidation sites excluding steroid dienone is 2. The van der Waals surface area contributed by atoms with Gasteiger partial charge in [-0.05, 0) is 38.5 Å². The molecule has 22 heavy (non-hydrogen) atoms. The van der Waals surface area contributed by atoms with Crippen LogP contribution in [-0.4, -0.2) is 25.4 Å². The molecule has 0 aliphatic heterocycles. The summed E-state index contributed by atoms with van der Waals surface area (Å²) in [5.74, 6) is 0. The maximum absolute atomic E-state index is 6.08. The summed E-state index contributed by atoms with van der Waals surface area (Å²) in [6, 6.07) is 0. The second-order valence-corrected chi connectivity index (χ2v) is 6.20. The van der Waals surface area contributed by atoms with Gasteiger partial charge in [-0.25, -0.2) is 0 Å². The molecule has 0 aromatic heterocycles. The van der Waals surface area contributed by atoms with Crippen molar-refractivity contribution in [3.8, 4) is 0 Å². The van der Waals surface area contributed by atoms with Gasteiger partial charge in [0, 0.05) is 0 Å². The van der Waals surface area contributed by atoms with Crippen molar-refractivity contribution in [2.75, 3.05) is 13.2 Å². The molecule has 0 aromatic carbocycles. The van der Waals surface area contributed by atoms with Crippen LogP contribution in [0.3, 0.4) is 0 Å². The van der Waals surface area contributed by atoms with Crippen molar-refractivity contribution < 1.29 is 9.47 Å². The van der Waals surface area contributed by atoms with E-state index in [0.29, 0.717) is 12.2 Å². The van der Waals surface area contributed by atoms with Crippen molar-refractivity contribution in [2.24, 2.45) is 0 Å². The van der Waals surface area contributed by atoms with Crippen LogP contribution in [0.2, 0.25) is 0 Å². The summed E-state index contributed by atoms with van der Waals surface area (Å²) < 4.78 is 12.2. The molecule has 1 saturated carbocycles. The van der Waals surface area contributed by atoms with E-state index >= 15 is 0 Å². The molecule has 2 heteroatoms. The van der Waals surface area contributed by atoms with Gasteiger partial charge in [-0.2, -0.15) is 0 Å². The summed E-state index contributed by atoms with van der Waals surface area (Å²) in [5.41, 5.74) is 0. The number of hydrogen-bond donors (Lipinski definition) is 0. The minimum absolute atomic E-state index is 0.313. The second kappa shape index (κ2) is 14.0. The number of unbranched alkanes of at least 4 members (excludes halogenated alkanes) is 2. The van der Waals surface area contributed by atoms with Gasteiger partial charge in [0.25, 0.3) is 0 Å². The Bertz CT molecular complexity index is 266. The molecule has 0 radical (unpaired) electrons. The lowest BCUT2D eigenvalue weighted by molar-refractivity contribution is -0.0902. The Labute approximate surface area is 138 Å². The van der Waals surface area contributed by atoms with Gasteiger partial charge >= 0.3 is 0 Å². The highest BCUT2D eigenvalue weighted by molar-refractivity contribution is 4.83. The fraction of sp³-hybridized carbons (Fsp3) is 0.800. The van der Waals surface area contributed by atoms with E-state index in [1.165, 1.54) is 38.5 Å². The lowest BCUT2D eigenvalue weighted by atomic mass is 9.94. The monoisotopic (exact) mass is 308 g/mol. The molecule has 1 fully saturated rings. The predicted octanol–water partition coefficient (Wildman–Crippen LogP) is 5.82. The molecule has 2 nitrogen and oxygen atoms in total. The van der Waals surface area contributed by atoms with E-state index in [1.807, 2.05) is 0 Å². The summed E-state index contributed by atoms with van der Waals surface area (Å²) in [6.45, 7) is 6.09. The quantitative estimate of drug-likeness (QED) is 0.334. The van der Waals surface area contributed by atoms with Gasteiger partial charge < -0.3 is 9.47 Å². The van der Waals surface area contributed by atoms with Crippen LogP contribution in [0.1, 0.15) is 78.1 Å². The molecule has 0 amide bonds. The Kier molecular flexibility index (Phi) is 12.4. The van der Waals surface area contributed by atoms with Gasteiger partial charge in [-0.1, -0.05) is 63.8 Å². The molecule has 128 valence electrons. The summed E-state index contributed by atoms with van der Waals surface area (Å²) in [7, 11) is 0. The van der Waals surface area contributed by atoms with Crippen LogP contribution in [0.25, 0.3) is 0 Å². The van der Waals surface area contributed by atoms with Crippen molar-refractivity contribution in [1.29, 1.82) is 0 Å². The molecule has 0 spiro atoms. The van der Waals surface area contributed by atoms with Gasteiger partial charge in [0.1, 0.15) is 0 Å². The Morgan fingerprint density at radius 1 is 0.682 bits per heavy atom. The smallest absolute Gasteiger partial charge is 0.0836 e. The van der Waals surface area contributed by atoms with Crippen molar-refractivity contribution in [1.82, 2.24) is 0 Å². The van der Waals surface area contributed by atoms with Gasteiger partial charge in [-0.15, -0.1) is 0 Å². The Morgan fingerprint density at radius 2 is 1.09 bits per heavy atom. The molecule has 1 aliphatic rings. The topological polar surface area (TPSA) is 18.5 Å². The van der Waals surface area contributed by atoms with E-state index in [0.717, 1.165) is 38.9 Å². The molecule has 2 unspecified atom stereocenters. The third-order valence-electron chi connectivity index (χ3n) is 4.12. The van der Waals surface area contributed by atoms with Crippen LogP contribution in [0.5, 0.6) is 0 Å². The van der Waals surface area contributed by atoms with Crippen LogP contribution in [0.4, 0.5) is 0 Å². The maximum Gasteiger partial charge on any atom is 0.0836 e. The summed E-state index contributed by atoms with van der Waals surface area (Å²) in [4.78, 5) is 0. The molecule has 0 heterocycles. The Hall–Kier alpha value is -0.600. The molecule has 2 atom stereocenters. The normalized spacial score (nSPS) is 22.8. The van der Waals surface area contributed by atoms with Gasteiger partial charge in [0.2, 0.25) is 0 Å². The van der Waals surface area contributed by atoms with Crippen molar-refractivity contribution in [3.05, 3.63) is 24.3 Å². The molecule has 0 N–H and O–H groups in total. The van der Waals surface area contributed by atoms with Crippen molar-refractivity contribution in [2.45, 2.75) is 90.3 Å². The highest BCUT2D eigenvalue weighted by Crippen LogP contribution is 2.24. The average Bonchev–Trinajstić information content (AvgIpc) is 2.55. The largest absolute Gasteiger partial charge is 0.375 e. The first-order valence-corrected chi connectivity index (χ1v) is 9.41. The first-order chi connectivity index (χ1) is 10.9. The fourth-order valence-corrected chi connectivity index (χ4v) is 2.82. The van der Waals surface area contributed by atoms with Crippen molar-refractivity contribution in [3.63, 3.8) is 0 Å². The molecule has 1 rings (SSSR count). The maximum atomic E-state index is 6.08. The lowest BCUT2D eigenvalue weighted by Crippen LogP contribution is -2.35. The Balaban J connectivity index is 2.16. The van der Waals surface area contributed by atoms with E-state index < -0.39 is 0 Å². The molecule has 1 aliphatic carbocycles. The molecule has 0 aromatic rings. The molecular weight excluding hydrogens is 272 g/mol. The first kappa shape index (κ1) is 19.4. The summed E-state index contributed by atoms with van der Waals surface area (Å²) >= 11 is 0. The van der Waals surface area contributed by atoms with Gasteiger partial charge in [0.05, 0.1) is 25.4 Å². The second-order valence-electron chi connectivity index (χ2n) is 6.20. The van der Waals surface area contributed by atoms with Crippen molar-refractivity contribution >= 4 is 0 Å². The molecule has 0 bridgehead atoms. The third-order valence-corrected chi connectivity index (χ3v) is 4.12. The van der Waals surface area contributed by atoms with E-state index in [4.69, 9.17) is 9.47 Å². The predicted molar refractivity (Wildman–Crippen MR) is 95.3 cm³/mol. The highest BCUT2D eigenvalue weighted by atomic mass is 16.5.